The Bertz CT molecular complexity index is 567. The smallest absolute Gasteiger partial charge is 0.207 e. The minimum absolute atomic E-state index is 0.604. The second-order valence-corrected chi connectivity index (χ2v) is 5.70. The molecule has 2 rings (SSSR count). The van der Waals surface area contributed by atoms with Gasteiger partial charge in [-0.15, -0.1) is 0 Å². The molecule has 0 aliphatic rings. The molecule has 1 heterocycles. The van der Waals surface area contributed by atoms with E-state index in [9.17, 15) is 0 Å². The third-order valence-electron chi connectivity index (χ3n) is 3.10. The lowest BCUT2D eigenvalue weighted by atomic mass is 10.1. The number of benzene rings is 1. The van der Waals surface area contributed by atoms with Crippen molar-refractivity contribution in [3.63, 3.8) is 0 Å². The summed E-state index contributed by atoms with van der Waals surface area (Å²) in [6.07, 6.45) is 2.10. The predicted molar refractivity (Wildman–Crippen MR) is 81.0 cm³/mol. The molecular formula is C16H23N3. The molecule has 0 radical (unpaired) electrons. The van der Waals surface area contributed by atoms with Crippen molar-refractivity contribution in [3.05, 3.63) is 41.2 Å². The molecule has 0 spiro atoms. The lowest BCUT2D eigenvalue weighted by Crippen LogP contribution is -2.08. The van der Waals surface area contributed by atoms with E-state index in [1.807, 2.05) is 6.92 Å². The van der Waals surface area contributed by atoms with E-state index in [4.69, 9.17) is 0 Å². The van der Waals surface area contributed by atoms with Crippen molar-refractivity contribution < 1.29 is 0 Å². The van der Waals surface area contributed by atoms with Gasteiger partial charge in [-0.2, -0.15) is 0 Å². The average Bonchev–Trinajstić information content (AvgIpc) is 2.63. The Morgan fingerprint density at radius 2 is 1.95 bits per heavy atom. The van der Waals surface area contributed by atoms with Crippen molar-refractivity contribution in [1.29, 1.82) is 0 Å². The van der Waals surface area contributed by atoms with Gasteiger partial charge in [-0.05, 0) is 43.9 Å². The Labute approximate surface area is 115 Å². The molecule has 19 heavy (non-hydrogen) atoms. The zero-order chi connectivity index (χ0) is 14.0. The van der Waals surface area contributed by atoms with Gasteiger partial charge in [0, 0.05) is 18.4 Å². The summed E-state index contributed by atoms with van der Waals surface area (Å²) in [6.45, 7) is 11.7. The Morgan fingerprint density at radius 1 is 1.21 bits per heavy atom. The molecule has 2 aromatic rings. The highest BCUT2D eigenvalue weighted by Gasteiger charge is 2.08. The van der Waals surface area contributed by atoms with Crippen LogP contribution in [0.5, 0.6) is 0 Å². The van der Waals surface area contributed by atoms with Crippen LogP contribution in [-0.4, -0.2) is 9.55 Å². The van der Waals surface area contributed by atoms with Crippen LogP contribution >= 0.6 is 0 Å². The zero-order valence-corrected chi connectivity index (χ0v) is 12.5. The molecule has 0 saturated carbocycles. The fraction of sp³-hybridized carbons (Fsp3) is 0.438. The van der Waals surface area contributed by atoms with Crippen LogP contribution in [0.4, 0.5) is 11.6 Å². The van der Waals surface area contributed by atoms with Gasteiger partial charge in [-0.3, -0.25) is 0 Å². The molecule has 3 nitrogen and oxygen atoms in total. The first kappa shape index (κ1) is 13.7. The largest absolute Gasteiger partial charge is 0.325 e. The second kappa shape index (κ2) is 5.47. The summed E-state index contributed by atoms with van der Waals surface area (Å²) in [7, 11) is 0. The second-order valence-electron chi connectivity index (χ2n) is 5.70. The van der Waals surface area contributed by atoms with Crippen LogP contribution in [0, 0.1) is 26.7 Å². The summed E-state index contributed by atoms with van der Waals surface area (Å²) in [5.41, 5.74) is 4.68. The summed E-state index contributed by atoms with van der Waals surface area (Å²) < 4.78 is 2.20. The maximum absolute atomic E-state index is 4.58. The van der Waals surface area contributed by atoms with Crippen molar-refractivity contribution >= 4 is 11.6 Å². The number of aryl methyl sites for hydroxylation is 3. The van der Waals surface area contributed by atoms with Crippen LogP contribution in [0.25, 0.3) is 0 Å². The van der Waals surface area contributed by atoms with Gasteiger partial charge in [-0.25, -0.2) is 4.98 Å². The van der Waals surface area contributed by atoms with Crippen LogP contribution in [0.15, 0.2) is 24.4 Å². The van der Waals surface area contributed by atoms with Crippen LogP contribution < -0.4 is 5.32 Å². The Balaban J connectivity index is 2.29. The average molecular weight is 257 g/mol. The molecule has 102 valence electrons. The topological polar surface area (TPSA) is 29.9 Å². The lowest BCUT2D eigenvalue weighted by molar-refractivity contribution is 0.527. The van der Waals surface area contributed by atoms with Crippen molar-refractivity contribution in [2.75, 3.05) is 5.32 Å². The minimum Gasteiger partial charge on any atom is -0.325 e. The van der Waals surface area contributed by atoms with Crippen molar-refractivity contribution in [2.24, 2.45) is 5.92 Å². The predicted octanol–water partition coefficient (Wildman–Crippen LogP) is 4.21. The number of hydrogen-bond acceptors (Lipinski definition) is 2. The third kappa shape index (κ3) is 3.37. The number of imidazole rings is 1. The summed E-state index contributed by atoms with van der Waals surface area (Å²) >= 11 is 0. The standard InChI is InChI=1S/C16H23N3/c1-11(2)9-19-10-14(5)17-16(19)18-15-8-12(3)6-7-13(15)4/h6-8,10-11H,9H2,1-5H3,(H,17,18). The molecule has 1 N–H and O–H groups in total. The first-order valence-electron chi connectivity index (χ1n) is 6.83. The number of nitrogens with one attached hydrogen (secondary N) is 1. The fourth-order valence-electron chi connectivity index (χ4n) is 2.17. The molecule has 0 fully saturated rings. The van der Waals surface area contributed by atoms with Gasteiger partial charge in [0.05, 0.1) is 5.69 Å². The van der Waals surface area contributed by atoms with Gasteiger partial charge in [0.25, 0.3) is 0 Å². The monoisotopic (exact) mass is 257 g/mol. The normalized spacial score (nSPS) is 11.1. The van der Waals surface area contributed by atoms with Crippen LogP contribution in [0.2, 0.25) is 0 Å². The van der Waals surface area contributed by atoms with Gasteiger partial charge < -0.3 is 9.88 Å². The fourth-order valence-corrected chi connectivity index (χ4v) is 2.17. The highest BCUT2D eigenvalue weighted by atomic mass is 15.2. The molecule has 0 amide bonds. The summed E-state index contributed by atoms with van der Waals surface area (Å²) in [5.74, 6) is 1.53. The molecule has 0 bridgehead atoms. The quantitative estimate of drug-likeness (QED) is 0.889. The first-order valence-corrected chi connectivity index (χ1v) is 6.83. The van der Waals surface area contributed by atoms with E-state index in [1.54, 1.807) is 0 Å². The molecule has 3 heteroatoms. The maximum Gasteiger partial charge on any atom is 0.207 e. The summed E-state index contributed by atoms with van der Waals surface area (Å²) in [5, 5.41) is 3.46. The number of anilines is 2. The van der Waals surface area contributed by atoms with Crippen molar-refractivity contribution in [1.82, 2.24) is 9.55 Å². The number of rotatable bonds is 4. The zero-order valence-electron chi connectivity index (χ0n) is 12.5. The van der Waals surface area contributed by atoms with Crippen molar-refractivity contribution in [2.45, 2.75) is 41.2 Å². The van der Waals surface area contributed by atoms with Crippen LogP contribution in [-0.2, 0) is 6.54 Å². The molecular weight excluding hydrogens is 234 g/mol. The van der Waals surface area contributed by atoms with E-state index in [1.165, 1.54) is 11.1 Å². The highest BCUT2D eigenvalue weighted by Crippen LogP contribution is 2.22. The molecule has 0 atom stereocenters. The Morgan fingerprint density at radius 3 is 2.63 bits per heavy atom. The Kier molecular flexibility index (Phi) is 3.93. The Hall–Kier alpha value is -1.77. The van der Waals surface area contributed by atoms with Crippen LogP contribution in [0.1, 0.15) is 30.7 Å². The molecule has 0 aliphatic heterocycles. The molecule has 0 aliphatic carbocycles. The molecule has 1 aromatic carbocycles. The molecule has 0 unspecified atom stereocenters. The molecule has 0 saturated heterocycles. The van der Waals surface area contributed by atoms with E-state index in [2.05, 4.69) is 67.0 Å². The summed E-state index contributed by atoms with van der Waals surface area (Å²) in [4.78, 5) is 4.58. The van der Waals surface area contributed by atoms with Crippen LogP contribution in [0.3, 0.4) is 0 Å². The molecule has 1 aromatic heterocycles. The van der Waals surface area contributed by atoms with Gasteiger partial charge in [0.15, 0.2) is 0 Å². The van der Waals surface area contributed by atoms with Gasteiger partial charge >= 0.3 is 0 Å². The van der Waals surface area contributed by atoms with E-state index in [0.717, 1.165) is 23.9 Å². The minimum atomic E-state index is 0.604. The first-order chi connectivity index (χ1) is 8.95. The van der Waals surface area contributed by atoms with Gasteiger partial charge in [0.2, 0.25) is 5.95 Å². The van der Waals surface area contributed by atoms with E-state index in [0.29, 0.717) is 5.92 Å². The van der Waals surface area contributed by atoms with Gasteiger partial charge in [-0.1, -0.05) is 26.0 Å². The highest BCUT2D eigenvalue weighted by molar-refractivity contribution is 5.59. The van der Waals surface area contributed by atoms with Crippen molar-refractivity contribution in [3.8, 4) is 0 Å². The number of nitrogens with zero attached hydrogens (tertiary/aromatic N) is 2. The third-order valence-corrected chi connectivity index (χ3v) is 3.10. The van der Waals surface area contributed by atoms with E-state index in [-0.39, 0.29) is 0 Å². The summed E-state index contributed by atoms with van der Waals surface area (Å²) in [6, 6.07) is 6.44. The number of aromatic nitrogens is 2. The SMILES string of the molecule is Cc1ccc(C)c(Nc2nc(C)cn2CC(C)C)c1. The van der Waals surface area contributed by atoms with Gasteiger partial charge in [0.1, 0.15) is 0 Å². The maximum atomic E-state index is 4.58. The van der Waals surface area contributed by atoms with E-state index >= 15 is 0 Å². The number of hydrogen-bond donors (Lipinski definition) is 1. The lowest BCUT2D eigenvalue weighted by Gasteiger charge is -2.13. The van der Waals surface area contributed by atoms with E-state index < -0.39 is 0 Å².